The van der Waals surface area contributed by atoms with Crippen LogP contribution in [0, 0.1) is 5.92 Å². The van der Waals surface area contributed by atoms with Crippen LogP contribution in [-0.2, 0) is 11.2 Å². The number of rotatable bonds is 6. The van der Waals surface area contributed by atoms with Gasteiger partial charge in [-0.2, -0.15) is 0 Å². The molecule has 1 aromatic rings. The Morgan fingerprint density at radius 1 is 1.30 bits per heavy atom. The third-order valence-electron chi connectivity index (χ3n) is 3.96. The van der Waals surface area contributed by atoms with Gasteiger partial charge in [-0.25, -0.2) is 0 Å². The first-order valence-corrected chi connectivity index (χ1v) is 7.72. The van der Waals surface area contributed by atoms with Gasteiger partial charge < -0.3 is 10.4 Å². The lowest BCUT2D eigenvalue weighted by molar-refractivity contribution is -0.121. The number of hydrogen-bond acceptors (Lipinski definition) is 2. The maximum atomic E-state index is 11.7. The largest absolute Gasteiger partial charge is 0.393 e. The second-order valence-electron chi connectivity index (χ2n) is 5.54. The van der Waals surface area contributed by atoms with Crippen molar-refractivity contribution in [3.05, 3.63) is 34.9 Å². The Morgan fingerprint density at radius 2 is 2.05 bits per heavy atom. The van der Waals surface area contributed by atoms with Crippen LogP contribution >= 0.6 is 11.6 Å². The molecule has 1 aliphatic rings. The molecule has 1 amide bonds. The summed E-state index contributed by atoms with van der Waals surface area (Å²) in [6.07, 6.45) is 4.98. The minimum absolute atomic E-state index is 0.0815. The second kappa shape index (κ2) is 7.65. The molecule has 2 rings (SSSR count). The van der Waals surface area contributed by atoms with Gasteiger partial charge >= 0.3 is 0 Å². The molecule has 1 aliphatic carbocycles. The van der Waals surface area contributed by atoms with Gasteiger partial charge in [0.15, 0.2) is 0 Å². The third kappa shape index (κ3) is 4.80. The molecule has 0 aromatic heterocycles. The fourth-order valence-corrected chi connectivity index (χ4v) is 2.82. The Hall–Kier alpha value is -1.06. The lowest BCUT2D eigenvalue weighted by atomic mass is 10.1. The van der Waals surface area contributed by atoms with Gasteiger partial charge in [-0.1, -0.05) is 30.2 Å². The third-order valence-corrected chi connectivity index (χ3v) is 4.21. The van der Waals surface area contributed by atoms with Gasteiger partial charge in [-0.3, -0.25) is 4.79 Å². The molecule has 0 saturated heterocycles. The number of aliphatic hydroxyl groups excluding tert-OH is 1. The molecule has 0 spiro atoms. The first kappa shape index (κ1) is 15.3. The predicted octanol–water partition coefficient (Wildman–Crippen LogP) is 2.94. The van der Waals surface area contributed by atoms with Crippen molar-refractivity contribution in [2.24, 2.45) is 5.92 Å². The van der Waals surface area contributed by atoms with Crippen molar-refractivity contribution in [3.8, 4) is 0 Å². The fraction of sp³-hybridized carbons (Fsp3) is 0.562. The van der Waals surface area contributed by atoms with Crippen molar-refractivity contribution < 1.29 is 9.90 Å². The molecule has 0 radical (unpaired) electrons. The number of benzene rings is 1. The molecule has 1 aromatic carbocycles. The fourth-order valence-electron chi connectivity index (χ4n) is 2.69. The molecule has 20 heavy (non-hydrogen) atoms. The molecule has 2 N–H and O–H groups in total. The number of hydrogen-bond donors (Lipinski definition) is 2. The smallest absolute Gasteiger partial charge is 0.220 e. The zero-order valence-corrected chi connectivity index (χ0v) is 12.4. The topological polar surface area (TPSA) is 49.3 Å². The molecule has 1 fully saturated rings. The van der Waals surface area contributed by atoms with Crippen molar-refractivity contribution in [2.75, 3.05) is 6.54 Å². The van der Waals surface area contributed by atoms with Crippen LogP contribution in [-0.4, -0.2) is 23.7 Å². The van der Waals surface area contributed by atoms with Crippen molar-refractivity contribution >= 4 is 17.5 Å². The highest BCUT2D eigenvalue weighted by Gasteiger charge is 2.25. The highest BCUT2D eigenvalue weighted by Crippen LogP contribution is 2.24. The molecule has 0 unspecified atom stereocenters. The first-order valence-electron chi connectivity index (χ1n) is 7.34. The molecule has 2 atom stereocenters. The molecule has 3 nitrogen and oxygen atoms in total. The molecule has 110 valence electrons. The number of halogens is 1. The van der Waals surface area contributed by atoms with Crippen LogP contribution in [0.15, 0.2) is 24.3 Å². The zero-order chi connectivity index (χ0) is 14.4. The van der Waals surface area contributed by atoms with Gasteiger partial charge in [0.25, 0.3) is 0 Å². The minimum Gasteiger partial charge on any atom is -0.393 e. The normalized spacial score (nSPS) is 21.9. The highest BCUT2D eigenvalue weighted by molar-refractivity contribution is 6.30. The summed E-state index contributed by atoms with van der Waals surface area (Å²) < 4.78 is 0. The van der Waals surface area contributed by atoms with E-state index in [4.69, 9.17) is 11.6 Å². The van der Waals surface area contributed by atoms with E-state index in [1.807, 2.05) is 24.3 Å². The number of carbonyl (C=O) groups is 1. The molecular weight excluding hydrogens is 274 g/mol. The van der Waals surface area contributed by atoms with Crippen molar-refractivity contribution in [1.82, 2.24) is 5.32 Å². The van der Waals surface area contributed by atoms with Crippen LogP contribution in [0.3, 0.4) is 0 Å². The number of carbonyl (C=O) groups excluding carboxylic acids is 1. The van der Waals surface area contributed by atoms with Crippen LogP contribution < -0.4 is 5.32 Å². The van der Waals surface area contributed by atoms with E-state index in [0.29, 0.717) is 13.0 Å². The second-order valence-corrected chi connectivity index (χ2v) is 5.98. The highest BCUT2D eigenvalue weighted by atomic mass is 35.5. The van der Waals surface area contributed by atoms with E-state index in [1.54, 1.807) is 0 Å². The molecule has 0 heterocycles. The van der Waals surface area contributed by atoms with E-state index in [-0.39, 0.29) is 17.9 Å². The van der Waals surface area contributed by atoms with Crippen LogP contribution in [0.2, 0.25) is 5.02 Å². The van der Waals surface area contributed by atoms with Gasteiger partial charge in [-0.15, -0.1) is 0 Å². The summed E-state index contributed by atoms with van der Waals surface area (Å²) in [5.74, 6) is 0.327. The lowest BCUT2D eigenvalue weighted by Crippen LogP contribution is -2.32. The van der Waals surface area contributed by atoms with E-state index in [0.717, 1.165) is 37.1 Å². The standard InChI is InChI=1S/C16H22ClNO2/c17-14-9-7-12(8-10-14)3-1-6-16(20)18-11-13-4-2-5-15(13)19/h7-10,13,15,19H,1-6,11H2,(H,18,20)/t13-,15+/m0/s1. The quantitative estimate of drug-likeness (QED) is 0.848. The van der Waals surface area contributed by atoms with E-state index >= 15 is 0 Å². The summed E-state index contributed by atoms with van der Waals surface area (Å²) in [5.41, 5.74) is 1.20. The Bertz CT molecular complexity index is 433. The first-order chi connectivity index (χ1) is 9.65. The Labute approximate surface area is 125 Å². The van der Waals surface area contributed by atoms with Gasteiger partial charge in [0, 0.05) is 23.9 Å². The average Bonchev–Trinajstić information content (AvgIpc) is 2.84. The molecule has 4 heteroatoms. The van der Waals surface area contributed by atoms with E-state index < -0.39 is 0 Å². The van der Waals surface area contributed by atoms with Crippen LogP contribution in [0.25, 0.3) is 0 Å². The summed E-state index contributed by atoms with van der Waals surface area (Å²) in [6.45, 7) is 0.612. The van der Waals surface area contributed by atoms with Crippen molar-refractivity contribution in [3.63, 3.8) is 0 Å². The molecule has 1 saturated carbocycles. The number of aryl methyl sites for hydroxylation is 1. The SMILES string of the molecule is O=C(CCCc1ccc(Cl)cc1)NC[C@@H]1CCC[C@H]1O. The number of amides is 1. The minimum atomic E-state index is -0.232. The maximum absolute atomic E-state index is 11.7. The monoisotopic (exact) mass is 295 g/mol. The Balaban J connectivity index is 1.61. The summed E-state index contributed by atoms with van der Waals surface area (Å²) in [5, 5.41) is 13.4. The number of aliphatic hydroxyl groups is 1. The van der Waals surface area contributed by atoms with Crippen molar-refractivity contribution in [1.29, 1.82) is 0 Å². The molecule has 0 aliphatic heterocycles. The summed E-state index contributed by atoms with van der Waals surface area (Å²) >= 11 is 5.83. The van der Waals surface area contributed by atoms with Crippen molar-refractivity contribution in [2.45, 2.75) is 44.6 Å². The van der Waals surface area contributed by atoms with E-state index in [2.05, 4.69) is 5.32 Å². The molecular formula is C16H22ClNO2. The zero-order valence-electron chi connectivity index (χ0n) is 11.6. The van der Waals surface area contributed by atoms with Gasteiger partial charge in [0.2, 0.25) is 5.91 Å². The maximum Gasteiger partial charge on any atom is 0.220 e. The van der Waals surface area contributed by atoms with E-state index in [9.17, 15) is 9.90 Å². The van der Waals surface area contributed by atoms with Crippen LogP contribution in [0.1, 0.15) is 37.7 Å². The van der Waals surface area contributed by atoms with Gasteiger partial charge in [-0.05, 0) is 43.4 Å². The Kier molecular flexibility index (Phi) is 5.86. The van der Waals surface area contributed by atoms with Crippen LogP contribution in [0.5, 0.6) is 0 Å². The average molecular weight is 296 g/mol. The lowest BCUT2D eigenvalue weighted by Gasteiger charge is -2.14. The number of nitrogens with one attached hydrogen (secondary N) is 1. The Morgan fingerprint density at radius 3 is 2.70 bits per heavy atom. The summed E-state index contributed by atoms with van der Waals surface area (Å²) in [4.78, 5) is 11.7. The summed E-state index contributed by atoms with van der Waals surface area (Å²) in [7, 11) is 0. The predicted molar refractivity (Wildman–Crippen MR) is 80.7 cm³/mol. The van der Waals surface area contributed by atoms with Gasteiger partial charge in [0.05, 0.1) is 6.10 Å². The summed E-state index contributed by atoms with van der Waals surface area (Å²) in [6, 6.07) is 7.74. The molecule has 0 bridgehead atoms. The van der Waals surface area contributed by atoms with Gasteiger partial charge in [0.1, 0.15) is 0 Å². The van der Waals surface area contributed by atoms with Crippen LogP contribution in [0.4, 0.5) is 0 Å². The van der Waals surface area contributed by atoms with E-state index in [1.165, 1.54) is 5.56 Å².